The molecular weight excluding hydrogens is 271 g/mol. The lowest BCUT2D eigenvalue weighted by atomic mass is 10.1. The smallest absolute Gasteiger partial charge is 0.178 e. The van der Waals surface area contributed by atoms with Crippen molar-refractivity contribution < 1.29 is 0 Å². The Morgan fingerprint density at radius 2 is 1.89 bits per heavy atom. The Kier molecular flexibility index (Phi) is 2.61. The molecule has 0 spiro atoms. The molecule has 4 nitrogen and oxygen atoms in total. The molecule has 1 aromatic carbocycles. The molecule has 0 aliphatic rings. The zero-order chi connectivity index (χ0) is 12.7. The molecule has 0 fully saturated rings. The molecule has 18 heavy (non-hydrogen) atoms. The summed E-state index contributed by atoms with van der Waals surface area (Å²) >= 11 is 12.1. The number of nitrogen functional groups attached to an aromatic ring is 1. The van der Waals surface area contributed by atoms with Crippen LogP contribution in [0.25, 0.3) is 22.6 Å². The monoisotopic (exact) mass is 278 g/mol. The molecule has 6 heteroatoms. The van der Waals surface area contributed by atoms with Gasteiger partial charge in [0.2, 0.25) is 0 Å². The van der Waals surface area contributed by atoms with E-state index in [4.69, 9.17) is 28.9 Å². The number of aromatic nitrogens is 3. The number of hydrogen-bond donors (Lipinski definition) is 2. The number of pyridine rings is 1. The van der Waals surface area contributed by atoms with Crippen LogP contribution in [0.15, 0.2) is 30.5 Å². The fraction of sp³-hybridized carbons (Fsp3) is 0. The highest BCUT2D eigenvalue weighted by Gasteiger charge is 2.14. The van der Waals surface area contributed by atoms with E-state index in [1.807, 2.05) is 12.1 Å². The molecule has 3 N–H and O–H groups in total. The highest BCUT2D eigenvalue weighted by atomic mass is 35.5. The fourth-order valence-electron chi connectivity index (χ4n) is 1.77. The Morgan fingerprint density at radius 1 is 1.11 bits per heavy atom. The van der Waals surface area contributed by atoms with E-state index in [1.54, 1.807) is 18.3 Å². The number of fused-ring (bicyclic) bond motifs is 1. The predicted octanol–water partition coefficient (Wildman–Crippen LogP) is 3.51. The van der Waals surface area contributed by atoms with Crippen molar-refractivity contribution in [3.8, 4) is 11.4 Å². The summed E-state index contributed by atoms with van der Waals surface area (Å²) in [5.41, 5.74) is 8.38. The first-order valence-corrected chi connectivity index (χ1v) is 5.97. The molecule has 90 valence electrons. The van der Waals surface area contributed by atoms with Crippen LogP contribution >= 0.6 is 23.2 Å². The Bertz CT molecular complexity index is 703. The average Bonchev–Trinajstić information content (AvgIpc) is 2.77. The van der Waals surface area contributed by atoms with Gasteiger partial charge in [0.15, 0.2) is 5.65 Å². The van der Waals surface area contributed by atoms with Crippen LogP contribution < -0.4 is 5.73 Å². The van der Waals surface area contributed by atoms with Crippen LogP contribution in [0.3, 0.4) is 0 Å². The van der Waals surface area contributed by atoms with Gasteiger partial charge in [0.1, 0.15) is 5.82 Å². The number of benzene rings is 1. The van der Waals surface area contributed by atoms with Crippen LogP contribution in [0.1, 0.15) is 0 Å². The number of aromatic amines is 1. The molecule has 0 unspecified atom stereocenters. The van der Waals surface area contributed by atoms with Gasteiger partial charge in [-0.3, -0.25) is 0 Å². The highest BCUT2D eigenvalue weighted by Crippen LogP contribution is 2.36. The summed E-state index contributed by atoms with van der Waals surface area (Å²) in [7, 11) is 0. The van der Waals surface area contributed by atoms with Crippen molar-refractivity contribution in [1.82, 2.24) is 15.0 Å². The first-order chi connectivity index (χ1) is 8.66. The second-order valence-corrected chi connectivity index (χ2v) is 4.59. The maximum absolute atomic E-state index is 6.14. The van der Waals surface area contributed by atoms with Crippen molar-refractivity contribution >= 4 is 40.1 Å². The van der Waals surface area contributed by atoms with Crippen molar-refractivity contribution in [1.29, 1.82) is 0 Å². The minimum atomic E-state index is 0.406. The van der Waals surface area contributed by atoms with E-state index in [0.717, 1.165) is 5.52 Å². The van der Waals surface area contributed by atoms with Gasteiger partial charge in [-0.1, -0.05) is 23.2 Å². The number of imidazole rings is 1. The van der Waals surface area contributed by atoms with Gasteiger partial charge < -0.3 is 10.7 Å². The molecular formula is C12H8Cl2N4. The van der Waals surface area contributed by atoms with Crippen LogP contribution in [0.4, 0.5) is 5.69 Å². The minimum absolute atomic E-state index is 0.406. The third-order valence-corrected chi connectivity index (χ3v) is 3.28. The first kappa shape index (κ1) is 11.3. The van der Waals surface area contributed by atoms with E-state index >= 15 is 0 Å². The lowest BCUT2D eigenvalue weighted by Gasteiger charge is -2.06. The SMILES string of the molecule is Nc1c(Cl)ccc(Cl)c1-c1nc2ncccc2[nH]1. The zero-order valence-electron chi connectivity index (χ0n) is 9.11. The summed E-state index contributed by atoms with van der Waals surface area (Å²) in [6.45, 7) is 0. The van der Waals surface area contributed by atoms with Gasteiger partial charge in [0.25, 0.3) is 0 Å². The van der Waals surface area contributed by atoms with Crippen molar-refractivity contribution in [2.75, 3.05) is 5.73 Å². The topological polar surface area (TPSA) is 67.6 Å². The standard InChI is InChI=1S/C12H8Cl2N4/c13-6-3-4-7(14)10(15)9(6)12-17-8-2-1-5-16-11(8)18-12/h1-5H,15H2,(H,16,17,18). The number of anilines is 1. The lowest BCUT2D eigenvalue weighted by Crippen LogP contribution is -1.93. The summed E-state index contributed by atoms with van der Waals surface area (Å²) in [5.74, 6) is 0.564. The molecule has 2 aromatic heterocycles. The lowest BCUT2D eigenvalue weighted by molar-refractivity contribution is 1.30. The molecule has 0 aliphatic carbocycles. The minimum Gasteiger partial charge on any atom is -0.397 e. The number of rotatable bonds is 1. The summed E-state index contributed by atoms with van der Waals surface area (Å²) < 4.78 is 0. The fourth-order valence-corrected chi connectivity index (χ4v) is 2.18. The molecule has 0 saturated carbocycles. The quantitative estimate of drug-likeness (QED) is 0.670. The van der Waals surface area contributed by atoms with E-state index in [1.165, 1.54) is 0 Å². The average molecular weight is 279 g/mol. The van der Waals surface area contributed by atoms with Crippen LogP contribution in [0, 0.1) is 0 Å². The Labute approximate surface area is 113 Å². The third-order valence-electron chi connectivity index (χ3n) is 2.64. The van der Waals surface area contributed by atoms with E-state index < -0.39 is 0 Å². The van der Waals surface area contributed by atoms with E-state index in [-0.39, 0.29) is 0 Å². The second kappa shape index (κ2) is 4.15. The molecule has 3 rings (SSSR count). The number of halogens is 2. The number of H-pyrrole nitrogens is 1. The van der Waals surface area contributed by atoms with Gasteiger partial charge >= 0.3 is 0 Å². The number of nitrogens with zero attached hydrogens (tertiary/aromatic N) is 2. The van der Waals surface area contributed by atoms with Crippen LogP contribution in [-0.2, 0) is 0 Å². The Morgan fingerprint density at radius 3 is 2.67 bits per heavy atom. The summed E-state index contributed by atoms with van der Waals surface area (Å²) in [6, 6.07) is 7.06. The van der Waals surface area contributed by atoms with Crippen molar-refractivity contribution in [2.24, 2.45) is 0 Å². The molecule has 2 heterocycles. The third kappa shape index (κ3) is 1.70. The van der Waals surface area contributed by atoms with Crippen molar-refractivity contribution in [3.05, 3.63) is 40.5 Å². The van der Waals surface area contributed by atoms with Crippen molar-refractivity contribution in [2.45, 2.75) is 0 Å². The second-order valence-electron chi connectivity index (χ2n) is 3.78. The van der Waals surface area contributed by atoms with Gasteiger partial charge in [-0.2, -0.15) is 0 Å². The molecule has 0 radical (unpaired) electrons. The maximum Gasteiger partial charge on any atom is 0.178 e. The van der Waals surface area contributed by atoms with Gasteiger partial charge in [-0.25, -0.2) is 9.97 Å². The first-order valence-electron chi connectivity index (χ1n) is 5.21. The summed E-state index contributed by atoms with van der Waals surface area (Å²) in [5, 5.41) is 0.943. The van der Waals surface area contributed by atoms with Gasteiger partial charge in [-0.15, -0.1) is 0 Å². The van der Waals surface area contributed by atoms with E-state index in [2.05, 4.69) is 15.0 Å². The van der Waals surface area contributed by atoms with Crippen molar-refractivity contribution in [3.63, 3.8) is 0 Å². The molecule has 0 bridgehead atoms. The normalized spacial score (nSPS) is 11.0. The highest BCUT2D eigenvalue weighted by molar-refractivity contribution is 6.37. The van der Waals surface area contributed by atoms with Gasteiger partial charge in [-0.05, 0) is 24.3 Å². The van der Waals surface area contributed by atoms with E-state index in [0.29, 0.717) is 32.8 Å². The molecule has 0 atom stereocenters. The predicted molar refractivity (Wildman–Crippen MR) is 73.8 cm³/mol. The molecule has 0 amide bonds. The van der Waals surface area contributed by atoms with Gasteiger partial charge in [0.05, 0.1) is 26.8 Å². The molecule has 3 aromatic rings. The maximum atomic E-state index is 6.14. The summed E-state index contributed by atoms with van der Waals surface area (Å²) in [6.07, 6.45) is 1.68. The molecule has 0 aliphatic heterocycles. The van der Waals surface area contributed by atoms with Crippen LogP contribution in [-0.4, -0.2) is 15.0 Å². The van der Waals surface area contributed by atoms with Crippen LogP contribution in [0.2, 0.25) is 10.0 Å². The van der Waals surface area contributed by atoms with Gasteiger partial charge in [0, 0.05) is 6.20 Å². The van der Waals surface area contributed by atoms with E-state index in [9.17, 15) is 0 Å². The number of hydrogen-bond acceptors (Lipinski definition) is 3. The Balaban J connectivity index is 2.29. The number of nitrogens with two attached hydrogens (primary N) is 1. The number of nitrogens with one attached hydrogen (secondary N) is 1. The zero-order valence-corrected chi connectivity index (χ0v) is 10.6. The Hall–Kier alpha value is -1.78. The summed E-state index contributed by atoms with van der Waals surface area (Å²) in [4.78, 5) is 11.6. The van der Waals surface area contributed by atoms with Crippen LogP contribution in [0.5, 0.6) is 0 Å². The largest absolute Gasteiger partial charge is 0.397 e. The molecule has 0 saturated heterocycles.